The van der Waals surface area contributed by atoms with E-state index >= 15 is 0 Å². The number of ether oxygens (including phenoxy) is 1. The lowest BCUT2D eigenvalue weighted by atomic mass is 9.91. The van der Waals surface area contributed by atoms with E-state index < -0.39 is 24.3 Å². The van der Waals surface area contributed by atoms with Crippen molar-refractivity contribution < 1.29 is 55.7 Å². The molecule has 4 aliphatic rings. The van der Waals surface area contributed by atoms with Crippen LogP contribution in [0.4, 0.5) is 26.3 Å². The van der Waals surface area contributed by atoms with Crippen LogP contribution >= 0.6 is 0 Å². The molecule has 0 aromatic rings. The first-order chi connectivity index (χ1) is 16.7. The summed E-state index contributed by atoms with van der Waals surface area (Å²) < 4.78 is 69.6. The summed E-state index contributed by atoms with van der Waals surface area (Å²) in [6.07, 6.45) is -2.92. The van der Waals surface area contributed by atoms with Gasteiger partial charge >= 0.3 is 24.3 Å². The number of carboxylic acid groups (broad SMARTS) is 2. The van der Waals surface area contributed by atoms with Crippen molar-refractivity contribution in [2.75, 3.05) is 39.3 Å². The molecule has 9 nitrogen and oxygen atoms in total. The highest BCUT2D eigenvalue weighted by Crippen LogP contribution is 2.34. The monoisotopic (exact) mass is 535 g/mol. The van der Waals surface area contributed by atoms with E-state index in [1.165, 1.54) is 45.4 Å². The third-order valence-corrected chi connectivity index (χ3v) is 6.27. The molecule has 1 aliphatic carbocycles. The van der Waals surface area contributed by atoms with E-state index in [-0.39, 0.29) is 18.1 Å². The Morgan fingerprint density at radius 3 is 1.81 bits per heavy atom. The van der Waals surface area contributed by atoms with E-state index in [0.717, 1.165) is 32.4 Å². The van der Waals surface area contributed by atoms with Crippen LogP contribution < -0.4 is 5.32 Å². The average Bonchev–Trinajstić information content (AvgIpc) is 3.25. The minimum atomic E-state index is -5.08. The Balaban J connectivity index is 0.000000271. The molecule has 3 heterocycles. The zero-order valence-electron chi connectivity index (χ0n) is 19.5. The molecule has 3 saturated heterocycles. The largest absolute Gasteiger partial charge is 0.490 e. The predicted molar refractivity (Wildman–Crippen MR) is 112 cm³/mol. The second kappa shape index (κ2) is 12.9. The molecule has 1 amide bonds. The number of hydrogen-bond donors (Lipinski definition) is 3. The van der Waals surface area contributed by atoms with Gasteiger partial charge in [0.15, 0.2) is 0 Å². The van der Waals surface area contributed by atoms with Crippen molar-refractivity contribution in [1.82, 2.24) is 15.1 Å². The summed E-state index contributed by atoms with van der Waals surface area (Å²) in [4.78, 5) is 35.1. The molecule has 0 aromatic carbocycles. The first-order valence-electron chi connectivity index (χ1n) is 11.7. The molecular formula is C21H31F6N3O6. The van der Waals surface area contributed by atoms with Crippen molar-refractivity contribution in [2.24, 2.45) is 5.92 Å². The number of nitrogens with one attached hydrogen (secondary N) is 1. The van der Waals surface area contributed by atoms with Crippen molar-refractivity contribution in [2.45, 2.75) is 69.1 Å². The minimum Gasteiger partial charge on any atom is -0.475 e. The van der Waals surface area contributed by atoms with Crippen LogP contribution in [0.25, 0.3) is 0 Å². The fourth-order valence-corrected chi connectivity index (χ4v) is 4.18. The molecule has 208 valence electrons. The molecule has 0 unspecified atom stereocenters. The van der Waals surface area contributed by atoms with Gasteiger partial charge in [-0.2, -0.15) is 26.3 Å². The Labute approximate surface area is 203 Å². The number of rotatable bonds is 5. The van der Waals surface area contributed by atoms with E-state index in [1.54, 1.807) is 0 Å². The van der Waals surface area contributed by atoms with Gasteiger partial charge in [0.05, 0.1) is 6.10 Å². The molecule has 4 fully saturated rings. The highest BCUT2D eigenvalue weighted by molar-refractivity contribution is 5.81. The third-order valence-electron chi connectivity index (χ3n) is 6.27. The smallest absolute Gasteiger partial charge is 0.475 e. The van der Waals surface area contributed by atoms with E-state index in [1.807, 2.05) is 0 Å². The van der Waals surface area contributed by atoms with Crippen LogP contribution in [0, 0.1) is 5.92 Å². The quantitative estimate of drug-likeness (QED) is 0.458. The van der Waals surface area contributed by atoms with Crippen molar-refractivity contribution in [1.29, 1.82) is 0 Å². The van der Waals surface area contributed by atoms with Gasteiger partial charge in [0.25, 0.3) is 0 Å². The van der Waals surface area contributed by atoms with Crippen LogP contribution in [0.5, 0.6) is 0 Å². The summed E-state index contributed by atoms with van der Waals surface area (Å²) in [5, 5.41) is 17.3. The van der Waals surface area contributed by atoms with Crippen LogP contribution in [0.15, 0.2) is 0 Å². The number of piperidine rings is 1. The zero-order chi connectivity index (χ0) is 27.1. The minimum absolute atomic E-state index is 0.139. The Morgan fingerprint density at radius 2 is 1.33 bits per heavy atom. The van der Waals surface area contributed by atoms with Gasteiger partial charge in [0.1, 0.15) is 6.10 Å². The number of likely N-dealkylation sites (tertiary alicyclic amines) is 2. The first-order valence-corrected chi connectivity index (χ1v) is 11.7. The van der Waals surface area contributed by atoms with Crippen molar-refractivity contribution in [3.05, 3.63) is 0 Å². The third kappa shape index (κ3) is 10.5. The van der Waals surface area contributed by atoms with Crippen LogP contribution in [-0.4, -0.2) is 108 Å². The van der Waals surface area contributed by atoms with Gasteiger partial charge < -0.3 is 25.2 Å². The number of fused-ring (bicyclic) bond motifs is 1. The molecule has 3 atom stereocenters. The molecule has 4 rings (SSSR count). The first kappa shape index (κ1) is 30.1. The lowest BCUT2D eigenvalue weighted by Gasteiger charge is -2.34. The molecular weight excluding hydrogens is 504 g/mol. The second-order valence-corrected chi connectivity index (χ2v) is 9.19. The summed E-state index contributed by atoms with van der Waals surface area (Å²) in [7, 11) is 0. The van der Waals surface area contributed by atoms with Gasteiger partial charge in [-0.05, 0) is 64.1 Å². The molecule has 0 radical (unpaired) electrons. The van der Waals surface area contributed by atoms with Crippen LogP contribution in [0.3, 0.4) is 0 Å². The molecule has 0 bridgehead atoms. The number of halogens is 6. The van der Waals surface area contributed by atoms with Crippen molar-refractivity contribution >= 4 is 17.8 Å². The van der Waals surface area contributed by atoms with Crippen molar-refractivity contribution in [3.8, 4) is 0 Å². The number of hydrogen-bond acceptors (Lipinski definition) is 6. The predicted octanol–water partition coefficient (Wildman–Crippen LogP) is 2.11. The molecule has 3 N–H and O–H groups in total. The lowest BCUT2D eigenvalue weighted by molar-refractivity contribution is -0.193. The number of carboxylic acids is 2. The summed E-state index contributed by atoms with van der Waals surface area (Å²) in [6, 6.07) is 0.440. The molecule has 36 heavy (non-hydrogen) atoms. The molecule has 0 spiro atoms. The summed E-state index contributed by atoms with van der Waals surface area (Å²) in [5.41, 5.74) is 0. The highest BCUT2D eigenvalue weighted by Gasteiger charge is 2.43. The zero-order valence-corrected chi connectivity index (χ0v) is 19.5. The van der Waals surface area contributed by atoms with E-state index in [9.17, 15) is 31.1 Å². The number of carbonyl (C=O) groups excluding carboxylic acids is 1. The van der Waals surface area contributed by atoms with Crippen LogP contribution in [-0.2, 0) is 19.1 Å². The topological polar surface area (TPSA) is 119 Å². The fourth-order valence-electron chi connectivity index (χ4n) is 4.18. The van der Waals surface area contributed by atoms with Crippen LogP contribution in [0.2, 0.25) is 0 Å². The SMILES string of the molecule is O=C(NC1CC1)[C@H]1C[C@@H]2CCN(CCN3CCCC3)C[C@H]2O1.O=C(O)C(F)(F)F.O=C(O)C(F)(F)F. The average molecular weight is 535 g/mol. The summed E-state index contributed by atoms with van der Waals surface area (Å²) in [6.45, 7) is 7.11. The van der Waals surface area contributed by atoms with E-state index in [4.69, 9.17) is 24.5 Å². The normalized spacial score (nSPS) is 26.7. The number of nitrogens with zero attached hydrogens (tertiary/aromatic N) is 2. The molecule has 1 saturated carbocycles. The van der Waals surface area contributed by atoms with Gasteiger partial charge in [-0.3, -0.25) is 9.69 Å². The van der Waals surface area contributed by atoms with Gasteiger partial charge in [0, 0.05) is 25.7 Å². The maximum Gasteiger partial charge on any atom is 0.490 e. The Bertz CT molecular complexity index is 731. The molecule has 15 heteroatoms. The maximum absolute atomic E-state index is 12.2. The van der Waals surface area contributed by atoms with E-state index in [0.29, 0.717) is 12.0 Å². The Morgan fingerprint density at radius 1 is 0.833 bits per heavy atom. The second-order valence-electron chi connectivity index (χ2n) is 9.19. The maximum atomic E-state index is 12.2. The standard InChI is InChI=1S/C17H29N3O2.2C2HF3O2/c21-17(18-14-3-4-14)15-11-13-5-8-20(12-16(13)22-15)10-9-19-6-1-2-7-19;2*3-2(4,5)1(6)7/h13-16H,1-12H2,(H,18,21);2*(H,6,7)/t13-,15+,16+;;/m0../s1. The molecule has 3 aliphatic heterocycles. The number of amides is 1. The van der Waals surface area contributed by atoms with E-state index in [2.05, 4.69) is 15.1 Å². The lowest BCUT2D eigenvalue weighted by Crippen LogP contribution is -2.45. The fraction of sp³-hybridized carbons (Fsp3) is 0.857. The number of alkyl halides is 6. The summed E-state index contributed by atoms with van der Waals surface area (Å²) >= 11 is 0. The number of carbonyl (C=O) groups is 3. The van der Waals surface area contributed by atoms with Gasteiger partial charge in [0.2, 0.25) is 5.91 Å². The number of aliphatic carboxylic acids is 2. The summed E-state index contributed by atoms with van der Waals surface area (Å²) in [5.74, 6) is -4.78. The van der Waals surface area contributed by atoms with Gasteiger partial charge in [-0.25, -0.2) is 9.59 Å². The Hall–Kier alpha value is -2.13. The molecule has 0 aromatic heterocycles. The van der Waals surface area contributed by atoms with Gasteiger partial charge in [-0.15, -0.1) is 0 Å². The Kier molecular flexibility index (Phi) is 10.8. The highest BCUT2D eigenvalue weighted by atomic mass is 19.4. The van der Waals surface area contributed by atoms with Crippen molar-refractivity contribution in [3.63, 3.8) is 0 Å². The van der Waals surface area contributed by atoms with Gasteiger partial charge in [-0.1, -0.05) is 0 Å². The van der Waals surface area contributed by atoms with Crippen LogP contribution in [0.1, 0.15) is 38.5 Å².